The first-order valence-corrected chi connectivity index (χ1v) is 5.82. The Kier molecular flexibility index (Phi) is 3.77. The number of para-hydroxylation sites is 1. The van der Waals surface area contributed by atoms with Crippen molar-refractivity contribution in [1.29, 1.82) is 0 Å². The Balaban J connectivity index is 2.09. The molecule has 94 valence electrons. The van der Waals surface area contributed by atoms with Crippen LogP contribution in [0.1, 0.15) is 16.8 Å². The summed E-state index contributed by atoms with van der Waals surface area (Å²) in [6.07, 6.45) is 3.68. The highest BCUT2D eigenvalue weighted by Crippen LogP contribution is 2.17. The smallest absolute Gasteiger partial charge is 0.123 e. The fourth-order valence-electron chi connectivity index (χ4n) is 1.72. The van der Waals surface area contributed by atoms with E-state index >= 15 is 0 Å². The molecule has 0 saturated carbocycles. The van der Waals surface area contributed by atoms with Crippen LogP contribution in [0.25, 0.3) is 0 Å². The molecule has 0 aliphatic carbocycles. The van der Waals surface area contributed by atoms with Crippen LogP contribution in [-0.2, 0) is 13.6 Å². The third-order valence-electron chi connectivity index (χ3n) is 2.96. The van der Waals surface area contributed by atoms with Gasteiger partial charge in [-0.1, -0.05) is 18.2 Å². The lowest BCUT2D eigenvalue weighted by atomic mass is 10.2. The Bertz CT molecular complexity index is 558. The van der Waals surface area contributed by atoms with Crippen LogP contribution >= 0.6 is 0 Å². The van der Waals surface area contributed by atoms with Gasteiger partial charge in [-0.05, 0) is 13.0 Å². The van der Waals surface area contributed by atoms with Crippen molar-refractivity contribution < 1.29 is 4.74 Å². The highest BCUT2D eigenvalue weighted by Gasteiger charge is 2.01. The Labute approximate surface area is 107 Å². The van der Waals surface area contributed by atoms with Gasteiger partial charge in [-0.15, -0.1) is 0 Å². The molecule has 0 radical (unpaired) electrons. The number of benzene rings is 1. The van der Waals surface area contributed by atoms with Gasteiger partial charge in [0.25, 0.3) is 0 Å². The maximum Gasteiger partial charge on any atom is 0.123 e. The van der Waals surface area contributed by atoms with Crippen molar-refractivity contribution in [1.82, 2.24) is 9.78 Å². The molecule has 0 aliphatic heterocycles. The van der Waals surface area contributed by atoms with Crippen molar-refractivity contribution in [3.8, 4) is 5.75 Å². The number of ether oxygens (including phenoxy) is 1. The molecule has 0 atom stereocenters. The summed E-state index contributed by atoms with van der Waals surface area (Å²) in [5.74, 6) is 0.873. The lowest BCUT2D eigenvalue weighted by molar-refractivity contribution is 0.410. The second-order valence-corrected chi connectivity index (χ2v) is 4.09. The zero-order chi connectivity index (χ0) is 13.0. The Morgan fingerprint density at radius 2 is 2.17 bits per heavy atom. The van der Waals surface area contributed by atoms with Gasteiger partial charge in [0.2, 0.25) is 0 Å². The van der Waals surface area contributed by atoms with Crippen LogP contribution in [0.5, 0.6) is 5.75 Å². The number of methoxy groups -OCH3 is 1. The summed E-state index contributed by atoms with van der Waals surface area (Å²) < 4.78 is 7.12. The average Bonchev–Trinajstić information content (AvgIpc) is 2.71. The molecular formula is C14H17N3O. The van der Waals surface area contributed by atoms with E-state index in [1.807, 2.05) is 55.3 Å². The van der Waals surface area contributed by atoms with Gasteiger partial charge in [0, 0.05) is 30.1 Å². The number of aryl methyl sites for hydroxylation is 1. The summed E-state index contributed by atoms with van der Waals surface area (Å²) in [6, 6.07) is 7.91. The topological polar surface area (TPSA) is 39.4 Å². The summed E-state index contributed by atoms with van der Waals surface area (Å²) >= 11 is 0. The normalized spacial score (nSPS) is 11.1. The van der Waals surface area contributed by atoms with Crippen LogP contribution in [0.15, 0.2) is 35.5 Å². The van der Waals surface area contributed by atoms with E-state index in [1.54, 1.807) is 7.11 Å². The zero-order valence-electron chi connectivity index (χ0n) is 10.9. The van der Waals surface area contributed by atoms with Gasteiger partial charge < -0.3 is 4.74 Å². The zero-order valence-corrected chi connectivity index (χ0v) is 10.9. The first kappa shape index (κ1) is 12.4. The van der Waals surface area contributed by atoms with Crippen molar-refractivity contribution in [3.05, 3.63) is 47.3 Å². The van der Waals surface area contributed by atoms with Crippen LogP contribution in [-0.4, -0.2) is 23.1 Å². The van der Waals surface area contributed by atoms with Crippen molar-refractivity contribution in [2.45, 2.75) is 13.5 Å². The van der Waals surface area contributed by atoms with E-state index in [1.165, 1.54) is 0 Å². The van der Waals surface area contributed by atoms with E-state index in [2.05, 4.69) is 10.1 Å². The van der Waals surface area contributed by atoms with Crippen molar-refractivity contribution in [2.24, 2.45) is 12.0 Å². The predicted molar refractivity (Wildman–Crippen MR) is 72.2 cm³/mol. The maximum atomic E-state index is 5.29. The summed E-state index contributed by atoms with van der Waals surface area (Å²) in [7, 11) is 3.60. The number of aliphatic imine (C=N–C) groups is 1. The van der Waals surface area contributed by atoms with Crippen LogP contribution in [0.4, 0.5) is 0 Å². The van der Waals surface area contributed by atoms with Crippen LogP contribution in [0.2, 0.25) is 0 Å². The lowest BCUT2D eigenvalue weighted by Crippen LogP contribution is -1.94. The summed E-state index contributed by atoms with van der Waals surface area (Å²) in [5, 5.41) is 4.18. The molecule has 1 aromatic heterocycles. The van der Waals surface area contributed by atoms with E-state index in [9.17, 15) is 0 Å². The molecule has 0 spiro atoms. The predicted octanol–water partition coefficient (Wildman–Crippen LogP) is 2.36. The van der Waals surface area contributed by atoms with E-state index < -0.39 is 0 Å². The molecule has 0 saturated heterocycles. The number of hydrogen-bond donors (Lipinski definition) is 0. The van der Waals surface area contributed by atoms with Gasteiger partial charge in [0.15, 0.2) is 0 Å². The molecule has 2 aromatic rings. The van der Waals surface area contributed by atoms with E-state index in [0.29, 0.717) is 6.54 Å². The molecule has 2 rings (SSSR count). The molecule has 0 aliphatic rings. The Hall–Kier alpha value is -2.10. The summed E-state index contributed by atoms with van der Waals surface area (Å²) in [4.78, 5) is 4.44. The number of rotatable bonds is 4. The standard InChI is InChI=1S/C14H17N3O/c1-11-13(10-16-17(11)2)9-15-8-12-6-4-5-7-14(12)18-3/h4-7,9-10H,8H2,1-3H3/b15-9-. The number of nitrogens with zero attached hydrogens (tertiary/aromatic N) is 3. The SMILES string of the molecule is COc1ccccc1C/N=C\c1cnn(C)c1C. The third kappa shape index (κ3) is 2.59. The second-order valence-electron chi connectivity index (χ2n) is 4.09. The molecule has 4 nitrogen and oxygen atoms in total. The largest absolute Gasteiger partial charge is 0.496 e. The van der Waals surface area contributed by atoms with Crippen molar-refractivity contribution in [3.63, 3.8) is 0 Å². The minimum Gasteiger partial charge on any atom is -0.496 e. The minimum atomic E-state index is 0.609. The molecule has 0 N–H and O–H groups in total. The Morgan fingerprint density at radius 3 is 2.83 bits per heavy atom. The Morgan fingerprint density at radius 1 is 1.39 bits per heavy atom. The maximum absolute atomic E-state index is 5.29. The first-order valence-electron chi connectivity index (χ1n) is 5.82. The summed E-state index contributed by atoms with van der Waals surface area (Å²) in [6.45, 7) is 2.63. The molecule has 0 amide bonds. The molecule has 18 heavy (non-hydrogen) atoms. The third-order valence-corrected chi connectivity index (χ3v) is 2.96. The number of hydrogen-bond acceptors (Lipinski definition) is 3. The second kappa shape index (κ2) is 5.49. The molecule has 0 fully saturated rings. The highest BCUT2D eigenvalue weighted by atomic mass is 16.5. The van der Waals surface area contributed by atoms with Crippen LogP contribution in [0.3, 0.4) is 0 Å². The van der Waals surface area contributed by atoms with Crippen molar-refractivity contribution >= 4 is 6.21 Å². The van der Waals surface area contributed by atoms with Crippen molar-refractivity contribution in [2.75, 3.05) is 7.11 Å². The lowest BCUT2D eigenvalue weighted by Gasteiger charge is -2.04. The van der Waals surface area contributed by atoms with E-state index in [0.717, 1.165) is 22.6 Å². The monoisotopic (exact) mass is 243 g/mol. The van der Waals surface area contributed by atoms with Gasteiger partial charge in [0.05, 0.1) is 19.9 Å². The fraction of sp³-hybridized carbons (Fsp3) is 0.286. The van der Waals surface area contributed by atoms with Crippen LogP contribution in [0, 0.1) is 6.92 Å². The highest BCUT2D eigenvalue weighted by molar-refractivity contribution is 5.80. The van der Waals surface area contributed by atoms with Gasteiger partial charge in [0.1, 0.15) is 5.75 Å². The van der Waals surface area contributed by atoms with Gasteiger partial charge >= 0.3 is 0 Å². The van der Waals surface area contributed by atoms with E-state index in [-0.39, 0.29) is 0 Å². The molecular weight excluding hydrogens is 226 g/mol. The molecule has 0 unspecified atom stereocenters. The van der Waals surface area contributed by atoms with Gasteiger partial charge in [-0.25, -0.2) is 0 Å². The van der Waals surface area contributed by atoms with E-state index in [4.69, 9.17) is 4.74 Å². The van der Waals surface area contributed by atoms with Gasteiger partial charge in [-0.3, -0.25) is 9.67 Å². The summed E-state index contributed by atoms with van der Waals surface area (Å²) in [5.41, 5.74) is 3.24. The van der Waals surface area contributed by atoms with Crippen LogP contribution < -0.4 is 4.74 Å². The fourth-order valence-corrected chi connectivity index (χ4v) is 1.72. The quantitative estimate of drug-likeness (QED) is 0.773. The molecule has 1 aromatic carbocycles. The number of aromatic nitrogens is 2. The average molecular weight is 243 g/mol. The molecule has 1 heterocycles. The van der Waals surface area contributed by atoms with Gasteiger partial charge in [-0.2, -0.15) is 5.10 Å². The molecule has 0 bridgehead atoms. The first-order chi connectivity index (χ1) is 8.72. The minimum absolute atomic E-state index is 0.609. The molecule has 4 heteroatoms.